The Morgan fingerprint density at radius 3 is 2.32 bits per heavy atom. The molecule has 0 radical (unpaired) electrons. The summed E-state index contributed by atoms with van der Waals surface area (Å²) in [5.41, 5.74) is 1.60. The van der Waals surface area contributed by atoms with Crippen LogP contribution in [-0.2, 0) is 9.59 Å². The van der Waals surface area contributed by atoms with E-state index in [4.69, 9.17) is 4.74 Å². The quantitative estimate of drug-likeness (QED) is 0.247. The lowest BCUT2D eigenvalue weighted by molar-refractivity contribution is -0.131. The van der Waals surface area contributed by atoms with Crippen molar-refractivity contribution in [3.63, 3.8) is 0 Å². The third-order valence-electron chi connectivity index (χ3n) is 7.48. The Morgan fingerprint density at radius 2 is 1.63 bits per heavy atom. The molecule has 2 fully saturated rings. The number of nitrogens with one attached hydrogen (secondary N) is 3. The maximum absolute atomic E-state index is 13.0. The first-order valence-corrected chi connectivity index (χ1v) is 13.3. The molecule has 1 saturated heterocycles. The highest BCUT2D eigenvalue weighted by Gasteiger charge is 2.56. The molecule has 2 heterocycles. The fraction of sp³-hybridized carbons (Fsp3) is 0.233. The van der Waals surface area contributed by atoms with Gasteiger partial charge in [-0.1, -0.05) is 24.3 Å². The van der Waals surface area contributed by atoms with Crippen LogP contribution < -0.4 is 20.7 Å². The molecule has 2 aliphatic rings. The van der Waals surface area contributed by atoms with Crippen molar-refractivity contribution in [1.29, 1.82) is 0 Å². The average molecular weight is 553 g/mol. The van der Waals surface area contributed by atoms with Gasteiger partial charge >= 0.3 is 6.09 Å². The van der Waals surface area contributed by atoms with Gasteiger partial charge in [0.05, 0.1) is 16.9 Å². The lowest BCUT2D eigenvalue weighted by Gasteiger charge is -2.34. The van der Waals surface area contributed by atoms with Gasteiger partial charge in [-0.25, -0.2) is 14.8 Å². The van der Waals surface area contributed by atoms with E-state index in [9.17, 15) is 19.5 Å². The molecule has 0 bridgehead atoms. The van der Waals surface area contributed by atoms with Gasteiger partial charge < -0.3 is 25.8 Å². The van der Waals surface area contributed by atoms with Gasteiger partial charge in [0, 0.05) is 31.0 Å². The van der Waals surface area contributed by atoms with Crippen LogP contribution in [0.5, 0.6) is 11.6 Å². The molecule has 41 heavy (non-hydrogen) atoms. The second-order valence-electron chi connectivity index (χ2n) is 10.1. The molecule has 1 aliphatic heterocycles. The summed E-state index contributed by atoms with van der Waals surface area (Å²) in [5.74, 6) is 0.204. The van der Waals surface area contributed by atoms with Crippen LogP contribution in [0.2, 0.25) is 0 Å². The number of rotatable bonds is 7. The van der Waals surface area contributed by atoms with Gasteiger partial charge in [-0.15, -0.1) is 0 Å². The number of hydrogen-bond acceptors (Lipinski definition) is 7. The van der Waals surface area contributed by atoms with Crippen molar-refractivity contribution in [2.24, 2.45) is 5.41 Å². The van der Waals surface area contributed by atoms with E-state index in [1.165, 1.54) is 11.2 Å². The van der Waals surface area contributed by atoms with E-state index in [1.54, 1.807) is 36.4 Å². The molecule has 1 saturated carbocycles. The Balaban J connectivity index is 1.13. The Kier molecular flexibility index (Phi) is 6.94. The molecule has 1 unspecified atom stereocenters. The number of carbonyl (C=O) groups is 3. The van der Waals surface area contributed by atoms with Crippen LogP contribution in [0.1, 0.15) is 24.4 Å². The number of hydrogen-bond donors (Lipinski definition) is 4. The number of ether oxygens (including phenoxy) is 1. The minimum absolute atomic E-state index is 0.310. The molecule has 4 aromatic rings. The summed E-state index contributed by atoms with van der Waals surface area (Å²) >= 11 is 0. The number of carboxylic acid groups (broad SMARTS) is 1. The topological polar surface area (TPSA) is 146 Å². The van der Waals surface area contributed by atoms with Gasteiger partial charge in [0.1, 0.15) is 17.5 Å². The highest BCUT2D eigenvalue weighted by atomic mass is 16.5. The standard InChI is InChI=1S/C30H28N6O5/c37-27(34-20-4-2-1-3-5-20)30(12-13-30)28(38)35-21-7-9-22(10-8-21)41-26-23-11-6-19(16-24(23)32-18-33-26)25-17-31-14-15-36(25)29(39)40/h1-11,16,18,25,31H,12-15,17H2,(H,34,37)(H,35,38)(H,39,40). The van der Waals surface area contributed by atoms with Crippen LogP contribution in [0.3, 0.4) is 0 Å². The molecule has 11 nitrogen and oxygen atoms in total. The molecular weight excluding hydrogens is 524 g/mol. The number of fused-ring (bicyclic) bond motifs is 1. The molecule has 1 atom stereocenters. The second kappa shape index (κ2) is 10.9. The lowest BCUT2D eigenvalue weighted by atomic mass is 10.0. The van der Waals surface area contributed by atoms with Crippen molar-refractivity contribution >= 4 is 40.2 Å². The minimum atomic E-state index is -1.07. The zero-order valence-corrected chi connectivity index (χ0v) is 22.0. The van der Waals surface area contributed by atoms with Crippen LogP contribution >= 0.6 is 0 Å². The van der Waals surface area contributed by atoms with E-state index >= 15 is 0 Å². The van der Waals surface area contributed by atoms with Crippen molar-refractivity contribution in [2.75, 3.05) is 30.3 Å². The summed E-state index contributed by atoms with van der Waals surface area (Å²) in [7, 11) is 0. The van der Waals surface area contributed by atoms with E-state index in [0.717, 1.165) is 5.56 Å². The summed E-state index contributed by atoms with van der Waals surface area (Å²) in [6.45, 7) is 1.55. The molecule has 1 aliphatic carbocycles. The number of piperazine rings is 1. The third kappa shape index (κ3) is 5.39. The van der Waals surface area contributed by atoms with Gasteiger partial charge in [-0.05, 0) is 66.9 Å². The van der Waals surface area contributed by atoms with Crippen LogP contribution in [-0.4, -0.2) is 57.5 Å². The number of para-hydroxylation sites is 1. The largest absolute Gasteiger partial charge is 0.465 e. The summed E-state index contributed by atoms with van der Waals surface area (Å²) in [6.07, 6.45) is 1.44. The Hall–Kier alpha value is -5.03. The zero-order valence-electron chi connectivity index (χ0n) is 22.0. The number of nitrogens with zero attached hydrogens (tertiary/aromatic N) is 3. The predicted octanol–water partition coefficient (Wildman–Crippen LogP) is 4.40. The van der Waals surface area contributed by atoms with E-state index in [1.807, 2.05) is 36.4 Å². The monoisotopic (exact) mass is 552 g/mol. The van der Waals surface area contributed by atoms with Crippen LogP contribution in [0, 0.1) is 5.41 Å². The molecule has 3 aromatic carbocycles. The highest BCUT2D eigenvalue weighted by Crippen LogP contribution is 2.47. The van der Waals surface area contributed by atoms with Crippen molar-refractivity contribution < 1.29 is 24.2 Å². The Morgan fingerprint density at radius 1 is 0.927 bits per heavy atom. The average Bonchev–Trinajstić information content (AvgIpc) is 3.81. The molecule has 0 spiro atoms. The first kappa shape index (κ1) is 26.2. The molecule has 208 valence electrons. The molecule has 11 heteroatoms. The van der Waals surface area contributed by atoms with Crippen LogP contribution in [0.4, 0.5) is 16.2 Å². The number of benzene rings is 3. The van der Waals surface area contributed by atoms with Crippen molar-refractivity contribution in [2.45, 2.75) is 18.9 Å². The second-order valence-corrected chi connectivity index (χ2v) is 10.1. The van der Waals surface area contributed by atoms with Gasteiger partial charge in [0.15, 0.2) is 0 Å². The maximum Gasteiger partial charge on any atom is 0.407 e. The molecule has 6 rings (SSSR count). The van der Waals surface area contributed by atoms with Gasteiger partial charge in [-0.2, -0.15) is 0 Å². The maximum atomic E-state index is 13.0. The first-order chi connectivity index (χ1) is 19.9. The summed E-state index contributed by atoms with van der Waals surface area (Å²) in [6, 6.07) is 21.1. The Labute approximate surface area is 235 Å². The van der Waals surface area contributed by atoms with E-state index in [-0.39, 0.29) is 17.9 Å². The number of aromatic nitrogens is 2. The van der Waals surface area contributed by atoms with Crippen LogP contribution in [0.25, 0.3) is 10.9 Å². The summed E-state index contributed by atoms with van der Waals surface area (Å²) < 4.78 is 6.04. The SMILES string of the molecule is O=C(O)N1CCNCC1c1ccc2c(Oc3ccc(NC(=O)C4(C(=O)Nc5ccccc5)CC4)cc3)ncnc2c1. The molecule has 1 aromatic heterocycles. The zero-order chi connectivity index (χ0) is 28.4. The number of amides is 3. The van der Waals surface area contributed by atoms with Gasteiger partial charge in [0.25, 0.3) is 0 Å². The fourth-order valence-electron chi connectivity index (χ4n) is 4.99. The highest BCUT2D eigenvalue weighted by molar-refractivity contribution is 6.16. The van der Waals surface area contributed by atoms with E-state index < -0.39 is 11.5 Å². The Bertz CT molecular complexity index is 1610. The van der Waals surface area contributed by atoms with Crippen molar-refractivity contribution in [3.05, 3.63) is 84.7 Å². The van der Waals surface area contributed by atoms with Crippen molar-refractivity contribution in [1.82, 2.24) is 20.2 Å². The van der Waals surface area contributed by atoms with Gasteiger partial charge in [0.2, 0.25) is 17.7 Å². The minimum Gasteiger partial charge on any atom is -0.465 e. The van der Waals surface area contributed by atoms with E-state index in [2.05, 4.69) is 25.9 Å². The van der Waals surface area contributed by atoms with Crippen molar-refractivity contribution in [3.8, 4) is 11.6 Å². The molecule has 4 N–H and O–H groups in total. The summed E-state index contributed by atoms with van der Waals surface area (Å²) in [5, 5.41) is 19.2. The third-order valence-corrected chi connectivity index (χ3v) is 7.48. The number of anilines is 2. The lowest BCUT2D eigenvalue weighted by Crippen LogP contribution is -2.48. The van der Waals surface area contributed by atoms with Gasteiger partial charge in [-0.3, -0.25) is 14.5 Å². The fourth-order valence-corrected chi connectivity index (χ4v) is 4.99. The molecular formula is C30H28N6O5. The summed E-state index contributed by atoms with van der Waals surface area (Å²) in [4.78, 5) is 47.6. The van der Waals surface area contributed by atoms with Crippen LogP contribution in [0.15, 0.2) is 79.1 Å². The smallest absolute Gasteiger partial charge is 0.407 e. The van der Waals surface area contributed by atoms with E-state index in [0.29, 0.717) is 66.4 Å². The first-order valence-electron chi connectivity index (χ1n) is 13.3. The normalized spacial score (nSPS) is 17.5. The molecule has 3 amide bonds. The number of carbonyl (C=O) groups excluding carboxylic acids is 2. The predicted molar refractivity (Wildman–Crippen MR) is 152 cm³/mol.